The van der Waals surface area contributed by atoms with E-state index < -0.39 is 0 Å². The van der Waals surface area contributed by atoms with Gasteiger partial charge in [0.1, 0.15) is 18.2 Å². The topological polar surface area (TPSA) is 89.4 Å². The highest BCUT2D eigenvalue weighted by atomic mass is 16.5. The Morgan fingerprint density at radius 3 is 2.72 bits per heavy atom. The summed E-state index contributed by atoms with van der Waals surface area (Å²) in [6.07, 6.45) is 2.07. The average molecular weight is 351 g/mol. The fraction of sp³-hybridized carbons (Fsp3) is 0.765. The maximum absolute atomic E-state index is 12.6. The standard InChI is InChI=1S/C17H29N5O3/c1-5-14-10-21(8-6-15(14)19-16(23)7-9-25-4)17(24)11-22-13(3)18-12(2)20-22/h14-15H,5-11H2,1-4H3,(H,19,23)/t14-,15+/m1/s1. The van der Waals surface area contributed by atoms with Crippen molar-refractivity contribution in [1.29, 1.82) is 0 Å². The number of aryl methyl sites for hydroxylation is 2. The van der Waals surface area contributed by atoms with Crippen LogP contribution in [0.25, 0.3) is 0 Å². The smallest absolute Gasteiger partial charge is 0.244 e. The van der Waals surface area contributed by atoms with Gasteiger partial charge in [0.05, 0.1) is 6.61 Å². The second kappa shape index (κ2) is 8.94. The van der Waals surface area contributed by atoms with Crippen molar-refractivity contribution in [3.8, 4) is 0 Å². The lowest BCUT2D eigenvalue weighted by Gasteiger charge is -2.38. The molecule has 1 aliphatic rings. The molecule has 2 heterocycles. The lowest BCUT2D eigenvalue weighted by molar-refractivity contribution is -0.134. The Morgan fingerprint density at radius 1 is 1.36 bits per heavy atom. The summed E-state index contributed by atoms with van der Waals surface area (Å²) in [5.41, 5.74) is 0. The summed E-state index contributed by atoms with van der Waals surface area (Å²) >= 11 is 0. The number of piperidine rings is 1. The van der Waals surface area contributed by atoms with Gasteiger partial charge in [-0.05, 0) is 32.6 Å². The monoisotopic (exact) mass is 351 g/mol. The molecule has 2 rings (SSSR count). The molecule has 1 aromatic rings. The third-order valence-corrected chi connectivity index (χ3v) is 4.74. The van der Waals surface area contributed by atoms with Gasteiger partial charge in [0, 0.05) is 32.7 Å². The summed E-state index contributed by atoms with van der Waals surface area (Å²) in [5, 5.41) is 7.35. The molecule has 0 aliphatic carbocycles. The first kappa shape index (κ1) is 19.4. The number of rotatable bonds is 7. The van der Waals surface area contributed by atoms with Crippen LogP contribution in [0.15, 0.2) is 0 Å². The van der Waals surface area contributed by atoms with E-state index in [0.717, 1.165) is 18.7 Å². The van der Waals surface area contributed by atoms with Crippen LogP contribution in [0.4, 0.5) is 0 Å². The molecule has 0 unspecified atom stereocenters. The number of hydrogen-bond acceptors (Lipinski definition) is 5. The van der Waals surface area contributed by atoms with E-state index in [-0.39, 0.29) is 30.3 Å². The quantitative estimate of drug-likeness (QED) is 0.780. The van der Waals surface area contributed by atoms with E-state index in [0.29, 0.717) is 31.9 Å². The summed E-state index contributed by atoms with van der Waals surface area (Å²) in [4.78, 5) is 30.6. The number of methoxy groups -OCH3 is 1. The fourth-order valence-electron chi connectivity index (χ4n) is 3.28. The number of amides is 2. The van der Waals surface area contributed by atoms with Crippen LogP contribution in [-0.4, -0.2) is 64.3 Å². The summed E-state index contributed by atoms with van der Waals surface area (Å²) in [7, 11) is 1.59. The predicted octanol–water partition coefficient (Wildman–Crippen LogP) is 0.675. The maximum Gasteiger partial charge on any atom is 0.244 e. The van der Waals surface area contributed by atoms with Crippen LogP contribution < -0.4 is 5.32 Å². The molecule has 0 radical (unpaired) electrons. The fourth-order valence-corrected chi connectivity index (χ4v) is 3.28. The van der Waals surface area contributed by atoms with E-state index in [2.05, 4.69) is 22.3 Å². The molecule has 0 spiro atoms. The zero-order valence-corrected chi connectivity index (χ0v) is 15.6. The Hall–Kier alpha value is -1.96. The molecule has 1 saturated heterocycles. The highest BCUT2D eigenvalue weighted by molar-refractivity contribution is 5.77. The largest absolute Gasteiger partial charge is 0.384 e. The predicted molar refractivity (Wildman–Crippen MR) is 92.9 cm³/mol. The van der Waals surface area contributed by atoms with Gasteiger partial charge in [-0.1, -0.05) is 6.92 Å². The Bertz CT molecular complexity index is 601. The number of likely N-dealkylation sites (tertiary alicyclic amines) is 1. The zero-order chi connectivity index (χ0) is 18.4. The molecule has 1 aliphatic heterocycles. The molecule has 0 aromatic carbocycles. The first-order valence-electron chi connectivity index (χ1n) is 8.88. The number of hydrogen-bond donors (Lipinski definition) is 1. The number of carbonyl (C=O) groups is 2. The van der Waals surface area contributed by atoms with Crippen molar-refractivity contribution < 1.29 is 14.3 Å². The molecule has 0 saturated carbocycles. The van der Waals surface area contributed by atoms with Gasteiger partial charge in [0.15, 0.2) is 0 Å². The van der Waals surface area contributed by atoms with Gasteiger partial charge < -0.3 is 15.0 Å². The van der Waals surface area contributed by atoms with Crippen molar-refractivity contribution in [3.05, 3.63) is 11.6 Å². The van der Waals surface area contributed by atoms with Crippen LogP contribution in [-0.2, 0) is 20.9 Å². The van der Waals surface area contributed by atoms with Crippen molar-refractivity contribution in [2.24, 2.45) is 5.92 Å². The molecule has 140 valence electrons. The van der Waals surface area contributed by atoms with Gasteiger partial charge >= 0.3 is 0 Å². The van der Waals surface area contributed by atoms with E-state index >= 15 is 0 Å². The van der Waals surface area contributed by atoms with Crippen LogP contribution in [0.1, 0.15) is 37.8 Å². The minimum atomic E-state index is 0.0128. The van der Waals surface area contributed by atoms with E-state index in [4.69, 9.17) is 4.74 Å². The molecule has 25 heavy (non-hydrogen) atoms. The van der Waals surface area contributed by atoms with Crippen molar-refractivity contribution >= 4 is 11.8 Å². The van der Waals surface area contributed by atoms with Crippen LogP contribution in [0.5, 0.6) is 0 Å². The molecule has 2 atom stereocenters. The van der Waals surface area contributed by atoms with E-state index in [9.17, 15) is 9.59 Å². The summed E-state index contributed by atoms with van der Waals surface area (Å²) in [6.45, 7) is 7.72. The lowest BCUT2D eigenvalue weighted by Crippen LogP contribution is -2.52. The molecular formula is C17H29N5O3. The third-order valence-electron chi connectivity index (χ3n) is 4.74. The van der Waals surface area contributed by atoms with Crippen molar-refractivity contribution in [1.82, 2.24) is 25.0 Å². The summed E-state index contributed by atoms with van der Waals surface area (Å²) in [6, 6.07) is 0.119. The lowest BCUT2D eigenvalue weighted by atomic mass is 9.89. The number of nitrogens with zero attached hydrogens (tertiary/aromatic N) is 4. The Kier molecular flexibility index (Phi) is 6.92. The van der Waals surface area contributed by atoms with Crippen LogP contribution in [0.2, 0.25) is 0 Å². The van der Waals surface area contributed by atoms with E-state index in [1.807, 2.05) is 18.7 Å². The SMILES string of the molecule is CC[C@@H]1CN(C(=O)Cn2nc(C)nc2C)CC[C@@H]1NC(=O)CCOC. The van der Waals surface area contributed by atoms with Crippen molar-refractivity contribution in [2.75, 3.05) is 26.8 Å². The van der Waals surface area contributed by atoms with Crippen molar-refractivity contribution in [3.63, 3.8) is 0 Å². The molecule has 1 N–H and O–H groups in total. The minimum Gasteiger partial charge on any atom is -0.384 e. The average Bonchev–Trinajstić information content (AvgIpc) is 2.90. The second-order valence-corrected chi connectivity index (χ2v) is 6.58. The second-order valence-electron chi connectivity index (χ2n) is 6.58. The minimum absolute atomic E-state index is 0.0128. The normalized spacial score (nSPS) is 20.6. The van der Waals surface area contributed by atoms with Gasteiger partial charge in [-0.25, -0.2) is 9.67 Å². The number of carbonyl (C=O) groups excluding carboxylic acids is 2. The number of ether oxygens (including phenoxy) is 1. The van der Waals surface area contributed by atoms with Gasteiger partial charge in [-0.15, -0.1) is 0 Å². The third kappa shape index (κ3) is 5.26. The van der Waals surface area contributed by atoms with Gasteiger partial charge in [-0.3, -0.25) is 9.59 Å². The molecule has 1 aromatic heterocycles. The van der Waals surface area contributed by atoms with Crippen molar-refractivity contribution in [2.45, 2.75) is 52.6 Å². The number of aromatic nitrogens is 3. The number of nitrogens with one attached hydrogen (secondary N) is 1. The molecule has 2 amide bonds. The van der Waals surface area contributed by atoms with Crippen LogP contribution >= 0.6 is 0 Å². The molecule has 8 nitrogen and oxygen atoms in total. The van der Waals surface area contributed by atoms with Gasteiger partial charge in [0.25, 0.3) is 0 Å². The molecule has 8 heteroatoms. The molecule has 0 bridgehead atoms. The van der Waals surface area contributed by atoms with Gasteiger partial charge in [0.2, 0.25) is 11.8 Å². The highest BCUT2D eigenvalue weighted by Gasteiger charge is 2.31. The molecular weight excluding hydrogens is 322 g/mol. The van der Waals surface area contributed by atoms with E-state index in [1.165, 1.54) is 0 Å². The van der Waals surface area contributed by atoms with Crippen LogP contribution in [0.3, 0.4) is 0 Å². The Balaban J connectivity index is 1.90. The first-order chi connectivity index (χ1) is 11.9. The highest BCUT2D eigenvalue weighted by Crippen LogP contribution is 2.21. The summed E-state index contributed by atoms with van der Waals surface area (Å²) in [5.74, 6) is 1.75. The molecule has 1 fully saturated rings. The van der Waals surface area contributed by atoms with Crippen LogP contribution in [0, 0.1) is 19.8 Å². The van der Waals surface area contributed by atoms with Gasteiger partial charge in [-0.2, -0.15) is 5.10 Å². The maximum atomic E-state index is 12.6. The zero-order valence-electron chi connectivity index (χ0n) is 15.6. The first-order valence-corrected chi connectivity index (χ1v) is 8.88. The van der Waals surface area contributed by atoms with E-state index in [1.54, 1.807) is 11.8 Å². The summed E-state index contributed by atoms with van der Waals surface area (Å²) < 4.78 is 6.59. The Labute approximate surface area is 148 Å². The Morgan fingerprint density at radius 2 is 2.12 bits per heavy atom.